The van der Waals surface area contributed by atoms with Gasteiger partial charge < -0.3 is 10.2 Å². The van der Waals surface area contributed by atoms with E-state index < -0.39 is 11.9 Å². The lowest BCUT2D eigenvalue weighted by molar-refractivity contribution is 0.0679. The number of carboxylic acid groups (broad SMARTS) is 2. The number of benzene rings is 1. The Morgan fingerprint density at radius 1 is 1.11 bits per heavy atom. The Labute approximate surface area is 111 Å². The quantitative estimate of drug-likeness (QED) is 0.862. The molecule has 0 aromatic heterocycles. The van der Waals surface area contributed by atoms with Crippen molar-refractivity contribution in [1.29, 1.82) is 0 Å². The van der Waals surface area contributed by atoms with E-state index in [1.807, 2.05) is 13.0 Å². The van der Waals surface area contributed by atoms with Crippen LogP contribution in [0.4, 0.5) is 0 Å². The Balaban J connectivity index is 3.76. The molecule has 4 heteroatoms. The number of hydrogen-bond donors (Lipinski definition) is 2. The summed E-state index contributed by atoms with van der Waals surface area (Å²) < 4.78 is 0. The molecule has 2 N–H and O–H groups in total. The lowest BCUT2D eigenvalue weighted by atomic mass is 10.0. The molecule has 100 valence electrons. The van der Waals surface area contributed by atoms with Gasteiger partial charge in [0.2, 0.25) is 0 Å². The van der Waals surface area contributed by atoms with Crippen molar-refractivity contribution in [3.05, 3.63) is 45.8 Å². The average Bonchev–Trinajstić information content (AvgIpc) is 2.37. The molecule has 0 unspecified atom stereocenters. The van der Waals surface area contributed by atoms with Gasteiger partial charge in [-0.2, -0.15) is 0 Å². The molecule has 0 aliphatic rings. The number of rotatable bonds is 4. The van der Waals surface area contributed by atoms with Crippen LogP contribution in [-0.4, -0.2) is 22.2 Å². The summed E-state index contributed by atoms with van der Waals surface area (Å²) >= 11 is 0. The molecule has 0 aliphatic carbocycles. The monoisotopic (exact) mass is 260 g/mol. The Hall–Kier alpha value is -2.36. The minimum atomic E-state index is -1.07. The van der Waals surface area contributed by atoms with Crippen molar-refractivity contribution in [3.8, 4) is 0 Å². The van der Waals surface area contributed by atoms with Gasteiger partial charge in [-0.1, -0.05) is 31.2 Å². The zero-order chi connectivity index (χ0) is 14.4. The van der Waals surface area contributed by atoms with E-state index in [0.29, 0.717) is 10.4 Å². The van der Waals surface area contributed by atoms with Crippen molar-refractivity contribution in [1.82, 2.24) is 0 Å². The molecule has 0 amide bonds. The average molecular weight is 260 g/mol. The summed E-state index contributed by atoms with van der Waals surface area (Å²) in [5, 5.41) is 19.1. The van der Waals surface area contributed by atoms with Gasteiger partial charge >= 0.3 is 11.9 Å². The van der Waals surface area contributed by atoms with Crippen molar-refractivity contribution < 1.29 is 19.8 Å². The van der Waals surface area contributed by atoms with E-state index in [2.05, 4.69) is 0 Å². The summed E-state index contributed by atoms with van der Waals surface area (Å²) in [5.74, 6) is -2.14. The molecule has 1 aromatic rings. The highest BCUT2D eigenvalue weighted by molar-refractivity contribution is 5.92. The highest BCUT2D eigenvalue weighted by Gasteiger charge is 2.11. The third kappa shape index (κ3) is 3.31. The maximum absolute atomic E-state index is 11.2. The summed E-state index contributed by atoms with van der Waals surface area (Å²) in [6.45, 7) is 3.65. The molecule has 1 aromatic carbocycles. The predicted molar refractivity (Wildman–Crippen MR) is 73.6 cm³/mol. The number of allylic oxidation sites excluding steroid dienone is 2. The summed E-state index contributed by atoms with van der Waals surface area (Å²) in [5.41, 5.74) is 0.197. The molecular weight excluding hydrogens is 244 g/mol. The van der Waals surface area contributed by atoms with Gasteiger partial charge in [-0.3, -0.25) is 0 Å². The Bertz CT molecular complexity index is 639. The smallest absolute Gasteiger partial charge is 0.336 e. The lowest BCUT2D eigenvalue weighted by Crippen LogP contribution is -2.35. The SMILES string of the molecule is CC=c1c(C(=O)O)ccc(C(=O)O)c1=CC=CCC. The predicted octanol–water partition coefficient (Wildman–Crippen LogP) is 1.63. The molecule has 19 heavy (non-hydrogen) atoms. The Morgan fingerprint density at radius 3 is 2.05 bits per heavy atom. The van der Waals surface area contributed by atoms with E-state index in [0.717, 1.165) is 6.42 Å². The first-order valence-corrected chi connectivity index (χ1v) is 5.95. The lowest BCUT2D eigenvalue weighted by Gasteiger charge is -2.02. The second kappa shape index (κ2) is 6.54. The van der Waals surface area contributed by atoms with Crippen LogP contribution in [0.2, 0.25) is 0 Å². The van der Waals surface area contributed by atoms with Gasteiger partial charge in [0.25, 0.3) is 0 Å². The molecule has 0 radical (unpaired) electrons. The van der Waals surface area contributed by atoms with Gasteiger partial charge in [0.15, 0.2) is 0 Å². The summed E-state index contributed by atoms with van der Waals surface area (Å²) in [6, 6.07) is 2.65. The molecule has 0 heterocycles. The maximum atomic E-state index is 11.2. The van der Waals surface area contributed by atoms with Gasteiger partial charge in [0.05, 0.1) is 11.1 Å². The first-order chi connectivity index (χ1) is 9.02. The fourth-order valence-corrected chi connectivity index (χ4v) is 1.80. The molecular formula is C15H16O4. The molecule has 0 saturated heterocycles. The van der Waals surface area contributed by atoms with Crippen LogP contribution in [0, 0.1) is 0 Å². The number of carbonyl (C=O) groups is 2. The minimum absolute atomic E-state index is 0.0962. The van der Waals surface area contributed by atoms with Crippen LogP contribution in [0.15, 0.2) is 24.3 Å². The fraction of sp³-hybridized carbons (Fsp3) is 0.200. The van der Waals surface area contributed by atoms with E-state index in [9.17, 15) is 9.59 Å². The van der Waals surface area contributed by atoms with Crippen LogP contribution in [0.3, 0.4) is 0 Å². The molecule has 0 bridgehead atoms. The van der Waals surface area contributed by atoms with E-state index in [1.165, 1.54) is 12.1 Å². The van der Waals surface area contributed by atoms with Crippen molar-refractivity contribution in [3.63, 3.8) is 0 Å². The third-order valence-corrected chi connectivity index (χ3v) is 2.67. The summed E-state index contributed by atoms with van der Waals surface area (Å²) in [4.78, 5) is 22.3. The molecule has 0 saturated carbocycles. The van der Waals surface area contributed by atoms with Crippen molar-refractivity contribution >= 4 is 24.1 Å². The standard InChI is InChI=1S/C15H16O4/c1-3-5-6-7-11-10(4-2)12(14(16)17)8-9-13(11)15(18)19/h4-9H,3H2,1-2H3,(H,16,17)(H,18,19). The number of carboxylic acids is 2. The van der Waals surface area contributed by atoms with Crippen LogP contribution >= 0.6 is 0 Å². The second-order valence-corrected chi connectivity index (χ2v) is 3.89. The molecule has 0 fully saturated rings. The highest BCUT2D eigenvalue weighted by Crippen LogP contribution is 1.96. The summed E-state index contributed by atoms with van der Waals surface area (Å²) in [7, 11) is 0. The zero-order valence-corrected chi connectivity index (χ0v) is 10.9. The third-order valence-electron chi connectivity index (χ3n) is 2.67. The van der Waals surface area contributed by atoms with Gasteiger partial charge in [-0.15, -0.1) is 0 Å². The van der Waals surface area contributed by atoms with Gasteiger partial charge in [0, 0.05) is 0 Å². The van der Waals surface area contributed by atoms with Gasteiger partial charge in [-0.25, -0.2) is 9.59 Å². The largest absolute Gasteiger partial charge is 0.478 e. The van der Waals surface area contributed by atoms with Crippen LogP contribution in [0.1, 0.15) is 41.0 Å². The Morgan fingerprint density at radius 2 is 1.63 bits per heavy atom. The van der Waals surface area contributed by atoms with E-state index in [4.69, 9.17) is 10.2 Å². The Kier molecular flexibility index (Phi) is 5.06. The topological polar surface area (TPSA) is 74.6 Å². The second-order valence-electron chi connectivity index (χ2n) is 3.89. The van der Waals surface area contributed by atoms with Crippen LogP contribution in [0.5, 0.6) is 0 Å². The van der Waals surface area contributed by atoms with Crippen LogP contribution < -0.4 is 10.4 Å². The van der Waals surface area contributed by atoms with Crippen LogP contribution in [0.25, 0.3) is 12.2 Å². The molecule has 0 atom stereocenters. The highest BCUT2D eigenvalue weighted by atomic mass is 16.4. The first kappa shape index (κ1) is 14.7. The van der Waals surface area contributed by atoms with E-state index in [1.54, 1.807) is 25.2 Å². The van der Waals surface area contributed by atoms with Crippen molar-refractivity contribution in [2.75, 3.05) is 0 Å². The van der Waals surface area contributed by atoms with Crippen LogP contribution in [-0.2, 0) is 0 Å². The van der Waals surface area contributed by atoms with Gasteiger partial charge in [-0.05, 0) is 35.9 Å². The zero-order valence-electron chi connectivity index (χ0n) is 10.9. The maximum Gasteiger partial charge on any atom is 0.336 e. The van der Waals surface area contributed by atoms with Gasteiger partial charge in [0.1, 0.15) is 0 Å². The number of hydrogen-bond acceptors (Lipinski definition) is 2. The molecule has 4 nitrogen and oxygen atoms in total. The van der Waals surface area contributed by atoms with Crippen molar-refractivity contribution in [2.24, 2.45) is 0 Å². The molecule has 0 spiro atoms. The molecule has 1 rings (SSSR count). The number of aromatic carboxylic acids is 2. The summed E-state index contributed by atoms with van der Waals surface area (Å²) in [6.07, 6.45) is 7.68. The normalized spacial score (nSPS) is 13.2. The molecule has 0 aliphatic heterocycles. The van der Waals surface area contributed by atoms with E-state index >= 15 is 0 Å². The van der Waals surface area contributed by atoms with Crippen molar-refractivity contribution in [2.45, 2.75) is 20.3 Å². The van der Waals surface area contributed by atoms with E-state index in [-0.39, 0.29) is 11.1 Å². The minimum Gasteiger partial charge on any atom is -0.478 e. The first-order valence-electron chi connectivity index (χ1n) is 5.95. The fourth-order valence-electron chi connectivity index (χ4n) is 1.80.